The van der Waals surface area contributed by atoms with Crippen molar-refractivity contribution in [2.45, 2.75) is 19.3 Å². The minimum atomic E-state index is -0.213. The van der Waals surface area contributed by atoms with Gasteiger partial charge in [-0.1, -0.05) is 6.07 Å². The van der Waals surface area contributed by atoms with E-state index in [2.05, 4.69) is 10.3 Å². The zero-order chi connectivity index (χ0) is 15.4. The number of benzene rings is 1. The molecule has 22 heavy (non-hydrogen) atoms. The van der Waals surface area contributed by atoms with Crippen molar-refractivity contribution in [3.05, 3.63) is 54.4 Å². The Morgan fingerprint density at radius 2 is 2.09 bits per heavy atom. The number of amides is 2. The molecule has 0 spiro atoms. The summed E-state index contributed by atoms with van der Waals surface area (Å²) in [7, 11) is 0. The Labute approximate surface area is 129 Å². The molecule has 5 heteroatoms. The fraction of sp³-hybridized carbons (Fsp3) is 0.235. The highest BCUT2D eigenvalue weighted by Gasteiger charge is 2.19. The number of carbonyl (C=O) groups is 2. The van der Waals surface area contributed by atoms with Crippen LogP contribution in [0.5, 0.6) is 0 Å². The van der Waals surface area contributed by atoms with E-state index in [1.165, 1.54) is 6.20 Å². The highest BCUT2D eigenvalue weighted by atomic mass is 16.2. The van der Waals surface area contributed by atoms with Crippen molar-refractivity contribution in [3.8, 4) is 0 Å². The number of hydrogen-bond acceptors (Lipinski definition) is 3. The Morgan fingerprint density at radius 1 is 1.18 bits per heavy atom. The van der Waals surface area contributed by atoms with Crippen LogP contribution in [0, 0.1) is 0 Å². The lowest BCUT2D eigenvalue weighted by Crippen LogP contribution is -2.35. The van der Waals surface area contributed by atoms with Gasteiger partial charge in [0.1, 0.15) is 0 Å². The zero-order valence-electron chi connectivity index (χ0n) is 12.2. The Kier molecular flexibility index (Phi) is 4.14. The maximum atomic E-state index is 12.1. The summed E-state index contributed by atoms with van der Waals surface area (Å²) in [5, 5.41) is 2.84. The normalized spacial score (nSPS) is 14.7. The molecule has 1 aliphatic heterocycles. The van der Waals surface area contributed by atoms with Crippen molar-refractivity contribution in [2.24, 2.45) is 0 Å². The van der Waals surface area contributed by atoms with Gasteiger partial charge in [-0.25, -0.2) is 0 Å². The molecule has 0 unspecified atom stereocenters. The van der Waals surface area contributed by atoms with Crippen LogP contribution in [0.4, 0.5) is 11.4 Å². The predicted octanol–water partition coefficient (Wildman–Crippen LogP) is 2.85. The van der Waals surface area contributed by atoms with Gasteiger partial charge in [-0.15, -0.1) is 0 Å². The summed E-state index contributed by atoms with van der Waals surface area (Å²) in [5.74, 6) is -0.0720. The molecular formula is C17H17N3O2. The Balaban J connectivity index is 1.76. The van der Waals surface area contributed by atoms with E-state index in [1.54, 1.807) is 23.2 Å². The molecule has 1 aliphatic rings. The molecule has 1 N–H and O–H groups in total. The van der Waals surface area contributed by atoms with E-state index in [1.807, 2.05) is 24.3 Å². The first-order chi connectivity index (χ1) is 10.7. The quantitative estimate of drug-likeness (QED) is 0.947. The third-order valence-corrected chi connectivity index (χ3v) is 3.66. The average Bonchev–Trinajstić information content (AvgIpc) is 2.56. The Morgan fingerprint density at radius 3 is 2.86 bits per heavy atom. The monoisotopic (exact) mass is 295 g/mol. The highest BCUT2D eigenvalue weighted by Crippen LogP contribution is 2.24. The van der Waals surface area contributed by atoms with Gasteiger partial charge in [0.05, 0.1) is 5.56 Å². The molecule has 0 atom stereocenters. The molecule has 0 radical (unpaired) electrons. The van der Waals surface area contributed by atoms with E-state index in [0.717, 1.165) is 25.1 Å². The number of rotatable bonds is 3. The first-order valence-corrected chi connectivity index (χ1v) is 7.36. The lowest BCUT2D eigenvalue weighted by atomic mass is 10.1. The number of aromatic nitrogens is 1. The molecule has 2 heterocycles. The molecule has 5 nitrogen and oxygen atoms in total. The van der Waals surface area contributed by atoms with Crippen molar-refractivity contribution >= 4 is 23.2 Å². The standard InChI is InChI=1S/C17H17N3O2/c21-16-8-1-2-10-20(16)15-7-3-6-14(11-15)19-17(22)13-5-4-9-18-12-13/h3-7,9,11-12H,1-2,8,10H2,(H,19,22). The number of pyridine rings is 1. The molecule has 1 aromatic carbocycles. The number of nitrogens with one attached hydrogen (secondary N) is 1. The lowest BCUT2D eigenvalue weighted by Gasteiger charge is -2.27. The van der Waals surface area contributed by atoms with Gasteiger partial charge in [0, 0.05) is 36.7 Å². The summed E-state index contributed by atoms with van der Waals surface area (Å²) in [6.45, 7) is 0.735. The lowest BCUT2D eigenvalue weighted by molar-refractivity contribution is -0.119. The third-order valence-electron chi connectivity index (χ3n) is 3.66. The van der Waals surface area contributed by atoms with Gasteiger partial charge < -0.3 is 10.2 Å². The maximum absolute atomic E-state index is 12.1. The van der Waals surface area contributed by atoms with Crippen LogP contribution in [0.3, 0.4) is 0 Å². The van der Waals surface area contributed by atoms with E-state index in [0.29, 0.717) is 17.7 Å². The van der Waals surface area contributed by atoms with Gasteiger partial charge in [0.25, 0.3) is 5.91 Å². The van der Waals surface area contributed by atoms with Crippen LogP contribution < -0.4 is 10.2 Å². The highest BCUT2D eigenvalue weighted by molar-refractivity contribution is 6.04. The first kappa shape index (κ1) is 14.3. The summed E-state index contributed by atoms with van der Waals surface area (Å²) in [5.41, 5.74) is 2.00. The fourth-order valence-corrected chi connectivity index (χ4v) is 2.53. The van der Waals surface area contributed by atoms with E-state index < -0.39 is 0 Å². The van der Waals surface area contributed by atoms with Crippen molar-refractivity contribution in [2.75, 3.05) is 16.8 Å². The molecule has 0 saturated carbocycles. The molecule has 3 rings (SSSR count). The predicted molar refractivity (Wildman–Crippen MR) is 84.8 cm³/mol. The maximum Gasteiger partial charge on any atom is 0.257 e. The average molecular weight is 295 g/mol. The molecule has 0 aliphatic carbocycles. The minimum Gasteiger partial charge on any atom is -0.322 e. The molecule has 1 saturated heterocycles. The second-order valence-electron chi connectivity index (χ2n) is 5.25. The number of piperidine rings is 1. The molecule has 0 bridgehead atoms. The Hall–Kier alpha value is -2.69. The van der Waals surface area contributed by atoms with Crippen molar-refractivity contribution in [1.82, 2.24) is 4.98 Å². The molecule has 112 valence electrons. The zero-order valence-corrected chi connectivity index (χ0v) is 12.2. The van der Waals surface area contributed by atoms with Crippen LogP contribution in [-0.2, 0) is 4.79 Å². The summed E-state index contributed by atoms with van der Waals surface area (Å²) in [6, 6.07) is 10.8. The first-order valence-electron chi connectivity index (χ1n) is 7.36. The summed E-state index contributed by atoms with van der Waals surface area (Å²) >= 11 is 0. The topological polar surface area (TPSA) is 62.3 Å². The molecule has 2 aromatic rings. The summed E-state index contributed by atoms with van der Waals surface area (Å²) in [4.78, 5) is 29.8. The fourth-order valence-electron chi connectivity index (χ4n) is 2.53. The summed E-state index contributed by atoms with van der Waals surface area (Å²) < 4.78 is 0. The van der Waals surface area contributed by atoms with E-state index in [9.17, 15) is 9.59 Å². The van der Waals surface area contributed by atoms with Crippen LogP contribution >= 0.6 is 0 Å². The summed E-state index contributed by atoms with van der Waals surface area (Å²) in [6.07, 6.45) is 5.70. The van der Waals surface area contributed by atoms with Crippen molar-refractivity contribution in [3.63, 3.8) is 0 Å². The van der Waals surface area contributed by atoms with Gasteiger partial charge in [0.2, 0.25) is 5.91 Å². The molecular weight excluding hydrogens is 278 g/mol. The van der Waals surface area contributed by atoms with Crippen LogP contribution in [0.15, 0.2) is 48.8 Å². The number of carbonyl (C=O) groups excluding carboxylic acids is 2. The SMILES string of the molecule is O=C(Nc1cccc(N2CCCCC2=O)c1)c1cccnc1. The third kappa shape index (κ3) is 3.14. The second kappa shape index (κ2) is 6.39. The number of nitrogens with zero attached hydrogens (tertiary/aromatic N) is 2. The van der Waals surface area contributed by atoms with Crippen molar-refractivity contribution in [1.29, 1.82) is 0 Å². The van der Waals surface area contributed by atoms with Gasteiger partial charge in [-0.2, -0.15) is 0 Å². The number of anilines is 2. The van der Waals surface area contributed by atoms with E-state index >= 15 is 0 Å². The Bertz CT molecular complexity index is 685. The van der Waals surface area contributed by atoms with Gasteiger partial charge >= 0.3 is 0 Å². The largest absolute Gasteiger partial charge is 0.322 e. The smallest absolute Gasteiger partial charge is 0.257 e. The van der Waals surface area contributed by atoms with Crippen LogP contribution in [-0.4, -0.2) is 23.3 Å². The van der Waals surface area contributed by atoms with E-state index in [4.69, 9.17) is 0 Å². The molecule has 2 amide bonds. The number of hydrogen-bond donors (Lipinski definition) is 1. The van der Waals surface area contributed by atoms with Gasteiger partial charge in [-0.05, 0) is 43.2 Å². The van der Waals surface area contributed by atoms with Crippen LogP contribution in [0.25, 0.3) is 0 Å². The van der Waals surface area contributed by atoms with Crippen molar-refractivity contribution < 1.29 is 9.59 Å². The molecule has 1 fully saturated rings. The molecule has 1 aromatic heterocycles. The van der Waals surface area contributed by atoms with Gasteiger partial charge in [0.15, 0.2) is 0 Å². The van der Waals surface area contributed by atoms with Crippen LogP contribution in [0.2, 0.25) is 0 Å². The minimum absolute atomic E-state index is 0.141. The van der Waals surface area contributed by atoms with Crippen LogP contribution in [0.1, 0.15) is 29.6 Å². The second-order valence-corrected chi connectivity index (χ2v) is 5.25. The van der Waals surface area contributed by atoms with Gasteiger partial charge in [-0.3, -0.25) is 14.6 Å². The van der Waals surface area contributed by atoms with E-state index in [-0.39, 0.29) is 11.8 Å².